The lowest BCUT2D eigenvalue weighted by molar-refractivity contribution is 0.285. The lowest BCUT2D eigenvalue weighted by atomic mass is 10.3. The molecule has 2 heterocycles. The number of aromatic nitrogens is 4. The number of benzene rings is 1. The minimum atomic E-state index is -0.787. The Bertz CT molecular complexity index is 859. The van der Waals surface area contributed by atoms with Gasteiger partial charge >= 0.3 is 5.76 Å². The van der Waals surface area contributed by atoms with Crippen LogP contribution >= 0.6 is 23.1 Å². The first kappa shape index (κ1) is 13.9. The molecule has 0 unspecified atom stereocenters. The zero-order valence-electron chi connectivity index (χ0n) is 10.2. The molecule has 0 aliphatic heterocycles. The molecule has 0 amide bonds. The number of aliphatic hydroxyl groups excluding tert-OH is 1. The Hall–Kier alpha value is -2.10. The van der Waals surface area contributed by atoms with Crippen molar-refractivity contribution in [2.45, 2.75) is 6.61 Å². The smallest absolute Gasteiger partial charge is 0.391 e. The van der Waals surface area contributed by atoms with Crippen LogP contribution in [0.25, 0.3) is 17.2 Å². The summed E-state index contributed by atoms with van der Waals surface area (Å²) in [7, 11) is 0. The maximum atomic E-state index is 13.2. The SMILES string of the molecule is O=c1onc(-c2nnsc2CO)n1-c1ccc(F)c(Cl)c1. The van der Waals surface area contributed by atoms with Crippen molar-refractivity contribution in [1.82, 2.24) is 19.3 Å². The second-order valence-corrected chi connectivity index (χ2v) is 5.15. The van der Waals surface area contributed by atoms with Crippen molar-refractivity contribution < 1.29 is 14.0 Å². The minimum absolute atomic E-state index is 0.0560. The maximum absolute atomic E-state index is 13.2. The fourth-order valence-corrected chi connectivity index (χ4v) is 2.41. The van der Waals surface area contributed by atoms with Gasteiger partial charge in [-0.05, 0) is 29.7 Å². The predicted octanol–water partition coefficient (Wildman–Crippen LogP) is 1.63. The average Bonchev–Trinajstić information content (AvgIpc) is 3.07. The van der Waals surface area contributed by atoms with Crippen molar-refractivity contribution >= 4 is 23.1 Å². The molecule has 0 radical (unpaired) electrons. The van der Waals surface area contributed by atoms with Crippen LogP contribution in [0, 0.1) is 5.82 Å². The molecule has 1 aromatic carbocycles. The quantitative estimate of drug-likeness (QED) is 0.785. The zero-order chi connectivity index (χ0) is 15.0. The highest BCUT2D eigenvalue weighted by atomic mass is 35.5. The summed E-state index contributed by atoms with van der Waals surface area (Å²) in [6, 6.07) is 3.73. The summed E-state index contributed by atoms with van der Waals surface area (Å²) in [5, 5.41) is 16.5. The van der Waals surface area contributed by atoms with E-state index in [2.05, 4.69) is 19.3 Å². The number of hydrogen-bond donors (Lipinski definition) is 1. The van der Waals surface area contributed by atoms with Crippen LogP contribution in [0.5, 0.6) is 0 Å². The number of nitrogens with zero attached hydrogens (tertiary/aromatic N) is 4. The largest absolute Gasteiger partial charge is 0.446 e. The van der Waals surface area contributed by atoms with Crippen molar-refractivity contribution in [3.63, 3.8) is 0 Å². The molecule has 0 saturated carbocycles. The van der Waals surface area contributed by atoms with Crippen LogP contribution in [0.2, 0.25) is 5.02 Å². The third kappa shape index (κ3) is 2.35. The monoisotopic (exact) mass is 328 g/mol. The Kier molecular flexibility index (Phi) is 3.53. The molecule has 0 aliphatic rings. The van der Waals surface area contributed by atoms with E-state index in [4.69, 9.17) is 11.6 Å². The molecule has 0 atom stereocenters. The van der Waals surface area contributed by atoms with Crippen LogP contribution in [0.1, 0.15) is 4.88 Å². The second-order valence-electron chi connectivity index (χ2n) is 3.91. The summed E-state index contributed by atoms with van der Waals surface area (Å²) in [6.45, 7) is -0.307. The van der Waals surface area contributed by atoms with Gasteiger partial charge in [0, 0.05) is 0 Å². The molecular weight excluding hydrogens is 323 g/mol. The van der Waals surface area contributed by atoms with Crippen molar-refractivity contribution in [3.05, 3.63) is 44.5 Å². The highest BCUT2D eigenvalue weighted by Gasteiger charge is 2.21. The van der Waals surface area contributed by atoms with Gasteiger partial charge < -0.3 is 5.11 Å². The summed E-state index contributed by atoms with van der Waals surface area (Å²) < 4.78 is 22.6. The highest BCUT2D eigenvalue weighted by Crippen LogP contribution is 2.25. The summed E-state index contributed by atoms with van der Waals surface area (Å²) >= 11 is 6.68. The van der Waals surface area contributed by atoms with Gasteiger partial charge in [0.05, 0.1) is 22.2 Å². The topological polar surface area (TPSA) is 94.0 Å². The molecule has 0 bridgehead atoms. The van der Waals surface area contributed by atoms with Crippen LogP contribution < -0.4 is 5.76 Å². The number of halogens is 2. The first-order valence-electron chi connectivity index (χ1n) is 5.58. The van der Waals surface area contributed by atoms with Gasteiger partial charge in [0.25, 0.3) is 0 Å². The Morgan fingerprint density at radius 2 is 2.29 bits per heavy atom. The highest BCUT2D eigenvalue weighted by molar-refractivity contribution is 7.05. The van der Waals surface area contributed by atoms with E-state index in [0.29, 0.717) is 4.88 Å². The van der Waals surface area contributed by atoms with E-state index in [0.717, 1.165) is 22.2 Å². The maximum Gasteiger partial charge on any atom is 0.446 e. The van der Waals surface area contributed by atoms with Gasteiger partial charge in [-0.1, -0.05) is 21.2 Å². The van der Waals surface area contributed by atoms with E-state index in [9.17, 15) is 14.3 Å². The second kappa shape index (κ2) is 5.35. The number of hydrogen-bond acceptors (Lipinski definition) is 7. The van der Waals surface area contributed by atoms with E-state index in [1.807, 2.05) is 0 Å². The zero-order valence-corrected chi connectivity index (χ0v) is 11.7. The lowest BCUT2D eigenvalue weighted by Gasteiger charge is -2.04. The van der Waals surface area contributed by atoms with Gasteiger partial charge in [0.1, 0.15) is 5.82 Å². The predicted molar refractivity (Wildman–Crippen MR) is 71.9 cm³/mol. The van der Waals surface area contributed by atoms with Gasteiger partial charge in [-0.15, -0.1) is 5.10 Å². The summed E-state index contributed by atoms with van der Waals surface area (Å²) in [6.07, 6.45) is 0. The summed E-state index contributed by atoms with van der Waals surface area (Å²) in [5.74, 6) is -1.34. The molecule has 1 N–H and O–H groups in total. The van der Waals surface area contributed by atoms with E-state index in [-0.39, 0.29) is 28.8 Å². The van der Waals surface area contributed by atoms with Crippen LogP contribution in [-0.2, 0) is 6.61 Å². The van der Waals surface area contributed by atoms with Crippen LogP contribution in [0.15, 0.2) is 27.5 Å². The normalized spacial score (nSPS) is 11.0. The van der Waals surface area contributed by atoms with Crippen LogP contribution in [0.4, 0.5) is 4.39 Å². The average molecular weight is 329 g/mol. The number of aliphatic hydroxyl groups is 1. The van der Waals surface area contributed by atoms with Crippen molar-refractivity contribution in [2.75, 3.05) is 0 Å². The Morgan fingerprint density at radius 1 is 1.48 bits per heavy atom. The third-order valence-corrected chi connectivity index (χ3v) is 3.67. The first-order valence-corrected chi connectivity index (χ1v) is 6.73. The van der Waals surface area contributed by atoms with Crippen molar-refractivity contribution in [3.8, 4) is 17.2 Å². The Labute approximate surface area is 125 Å². The van der Waals surface area contributed by atoms with Gasteiger partial charge in [0.2, 0.25) is 5.82 Å². The molecule has 10 heteroatoms. The molecule has 108 valence electrons. The lowest BCUT2D eigenvalue weighted by Crippen LogP contribution is -2.13. The third-order valence-electron chi connectivity index (χ3n) is 2.68. The fraction of sp³-hybridized carbons (Fsp3) is 0.0909. The van der Waals surface area contributed by atoms with E-state index in [1.165, 1.54) is 12.1 Å². The van der Waals surface area contributed by atoms with Gasteiger partial charge in [-0.3, -0.25) is 4.52 Å². The molecule has 21 heavy (non-hydrogen) atoms. The van der Waals surface area contributed by atoms with Crippen molar-refractivity contribution in [1.29, 1.82) is 0 Å². The van der Waals surface area contributed by atoms with Crippen molar-refractivity contribution in [2.24, 2.45) is 0 Å². The molecule has 2 aromatic heterocycles. The van der Waals surface area contributed by atoms with E-state index < -0.39 is 11.6 Å². The molecule has 3 rings (SSSR count). The fourth-order valence-electron chi connectivity index (χ4n) is 1.73. The number of rotatable bonds is 3. The van der Waals surface area contributed by atoms with E-state index >= 15 is 0 Å². The Morgan fingerprint density at radius 3 is 3.00 bits per heavy atom. The summed E-state index contributed by atoms with van der Waals surface area (Å²) in [5.41, 5.74) is 0.480. The Balaban J connectivity index is 2.22. The molecular formula is C11H6ClFN4O3S. The first-order chi connectivity index (χ1) is 10.1. The summed E-state index contributed by atoms with van der Waals surface area (Å²) in [4.78, 5) is 12.2. The van der Waals surface area contributed by atoms with Gasteiger partial charge in [-0.2, -0.15) is 0 Å². The van der Waals surface area contributed by atoms with Gasteiger partial charge in [-0.25, -0.2) is 13.8 Å². The molecule has 0 fully saturated rings. The molecule has 3 aromatic rings. The molecule has 0 saturated heterocycles. The molecule has 0 spiro atoms. The minimum Gasteiger partial charge on any atom is -0.391 e. The molecule has 0 aliphatic carbocycles. The van der Waals surface area contributed by atoms with Crippen LogP contribution in [-0.4, -0.2) is 24.4 Å². The van der Waals surface area contributed by atoms with E-state index in [1.54, 1.807) is 0 Å². The van der Waals surface area contributed by atoms with Crippen LogP contribution in [0.3, 0.4) is 0 Å². The van der Waals surface area contributed by atoms with Gasteiger partial charge in [0.15, 0.2) is 5.69 Å². The molecule has 7 nitrogen and oxygen atoms in total. The standard InChI is InChI=1S/C11H6ClFN4O3S/c12-6-3-5(1-2-7(6)13)17-10(15-20-11(17)19)9-8(4-18)21-16-14-9/h1-3,18H,4H2.